The van der Waals surface area contributed by atoms with Gasteiger partial charge in [-0.15, -0.1) is 0 Å². The summed E-state index contributed by atoms with van der Waals surface area (Å²) in [6, 6.07) is 26.2. The summed E-state index contributed by atoms with van der Waals surface area (Å²) in [5, 5.41) is 0. The van der Waals surface area contributed by atoms with Crippen LogP contribution in [-0.4, -0.2) is 5.60 Å². The van der Waals surface area contributed by atoms with Crippen LogP contribution in [0.1, 0.15) is 25.7 Å². The summed E-state index contributed by atoms with van der Waals surface area (Å²) in [6.07, 6.45) is 6.46. The minimum absolute atomic E-state index is 0.299. The van der Waals surface area contributed by atoms with Crippen LogP contribution >= 0.6 is 0 Å². The van der Waals surface area contributed by atoms with Crippen molar-refractivity contribution in [2.45, 2.75) is 46.0 Å². The molecule has 0 spiro atoms. The Balaban J connectivity index is 1.55. The number of ether oxygens (including phenoxy) is 1. The van der Waals surface area contributed by atoms with E-state index in [9.17, 15) is 4.39 Å². The third-order valence-electron chi connectivity index (χ3n) is 6.58. The van der Waals surface area contributed by atoms with Crippen molar-refractivity contribution in [3.05, 3.63) is 97.3 Å². The molecule has 30 heavy (non-hydrogen) atoms. The quantitative estimate of drug-likeness (QED) is 0.309. The number of halogens is 1. The van der Waals surface area contributed by atoms with E-state index in [0.29, 0.717) is 17.6 Å². The molecule has 2 saturated carbocycles. The molecule has 3 aromatic rings. The molecule has 3 aromatic carbocycles. The fourth-order valence-corrected chi connectivity index (χ4v) is 7.26. The van der Waals surface area contributed by atoms with Gasteiger partial charge < -0.3 is 4.74 Å². The van der Waals surface area contributed by atoms with E-state index in [4.69, 9.17) is 4.74 Å². The standard InChI is InChI=1S/C27H26FOS/c1-2-27(19-20-13-14-21(27)17-20)29-26-18-24(15-16-25(26)28)30(22-9-5-3-6-10-22)23-11-7-4-8-12-23/h2-12,15-16,18,20-21H,1,13-14,17,19H2/q+1. The van der Waals surface area contributed by atoms with Crippen molar-refractivity contribution in [1.82, 2.24) is 0 Å². The minimum Gasteiger partial charge on any atom is -0.480 e. The predicted octanol–water partition coefficient (Wildman–Crippen LogP) is 7.04. The van der Waals surface area contributed by atoms with E-state index in [2.05, 4.69) is 55.1 Å². The second kappa shape index (κ2) is 7.96. The predicted molar refractivity (Wildman–Crippen MR) is 120 cm³/mol. The topological polar surface area (TPSA) is 9.23 Å². The van der Waals surface area contributed by atoms with Crippen molar-refractivity contribution in [3.63, 3.8) is 0 Å². The maximum atomic E-state index is 14.9. The molecule has 0 amide bonds. The van der Waals surface area contributed by atoms with Crippen LogP contribution in [0, 0.1) is 17.7 Å². The Bertz CT molecular complexity index is 996. The van der Waals surface area contributed by atoms with Gasteiger partial charge in [0.2, 0.25) is 0 Å². The van der Waals surface area contributed by atoms with Gasteiger partial charge in [-0.1, -0.05) is 43.0 Å². The molecule has 2 aliphatic carbocycles. The van der Waals surface area contributed by atoms with Crippen molar-refractivity contribution in [3.8, 4) is 5.75 Å². The van der Waals surface area contributed by atoms with Crippen molar-refractivity contribution in [2.24, 2.45) is 11.8 Å². The minimum atomic E-state index is -0.430. The van der Waals surface area contributed by atoms with E-state index in [0.717, 1.165) is 17.7 Å². The Labute approximate surface area is 180 Å². The number of benzene rings is 3. The van der Waals surface area contributed by atoms with Gasteiger partial charge in [-0.25, -0.2) is 4.39 Å². The highest BCUT2D eigenvalue weighted by Gasteiger charge is 2.51. The fraction of sp³-hybridized carbons (Fsp3) is 0.259. The molecular weight excluding hydrogens is 391 g/mol. The highest BCUT2D eigenvalue weighted by atomic mass is 32.2. The van der Waals surface area contributed by atoms with Crippen molar-refractivity contribution in [1.29, 1.82) is 0 Å². The summed E-state index contributed by atoms with van der Waals surface area (Å²) < 4.78 is 21.3. The van der Waals surface area contributed by atoms with Crippen LogP contribution in [0.5, 0.6) is 5.75 Å². The van der Waals surface area contributed by atoms with Gasteiger partial charge in [-0.3, -0.25) is 0 Å². The van der Waals surface area contributed by atoms with E-state index in [1.165, 1.54) is 22.6 Å². The molecule has 0 heterocycles. The number of hydrogen-bond acceptors (Lipinski definition) is 1. The zero-order valence-corrected chi connectivity index (χ0v) is 17.8. The fourth-order valence-electron chi connectivity index (χ4n) is 5.15. The normalized spacial score (nSPS) is 24.9. The first-order chi connectivity index (χ1) is 14.7. The monoisotopic (exact) mass is 417 g/mol. The van der Waals surface area contributed by atoms with Gasteiger partial charge in [-0.2, -0.15) is 0 Å². The molecule has 0 aliphatic heterocycles. The van der Waals surface area contributed by atoms with Crippen LogP contribution in [-0.2, 0) is 10.9 Å². The number of fused-ring (bicyclic) bond motifs is 2. The number of rotatable bonds is 6. The van der Waals surface area contributed by atoms with Gasteiger partial charge in [0.05, 0.1) is 10.9 Å². The molecule has 152 valence electrons. The summed E-state index contributed by atoms with van der Waals surface area (Å²) in [7, 11) is -0.326. The van der Waals surface area contributed by atoms with E-state index in [-0.39, 0.29) is 16.7 Å². The van der Waals surface area contributed by atoms with Crippen molar-refractivity contribution >= 4 is 10.9 Å². The molecule has 0 radical (unpaired) electrons. The zero-order valence-electron chi connectivity index (χ0n) is 17.0. The highest BCUT2D eigenvalue weighted by Crippen LogP contribution is 2.53. The first kappa shape index (κ1) is 19.4. The Hall–Kier alpha value is -2.52. The molecule has 1 nitrogen and oxygen atoms in total. The maximum absolute atomic E-state index is 14.9. The van der Waals surface area contributed by atoms with E-state index < -0.39 is 5.60 Å². The highest BCUT2D eigenvalue weighted by molar-refractivity contribution is 7.97. The van der Waals surface area contributed by atoms with Gasteiger partial charge in [0.15, 0.2) is 26.3 Å². The summed E-state index contributed by atoms with van der Waals surface area (Å²) in [5.74, 6) is 1.18. The Kier molecular flexibility index (Phi) is 5.16. The van der Waals surface area contributed by atoms with E-state index >= 15 is 0 Å². The SMILES string of the molecule is C=CC1(Oc2cc([S+](c3ccccc3)c3ccccc3)ccc2F)CC2CCC1C2. The Morgan fingerprint density at radius 3 is 2.10 bits per heavy atom. The van der Waals surface area contributed by atoms with E-state index in [1.807, 2.05) is 30.3 Å². The second-order valence-electron chi connectivity index (χ2n) is 8.37. The first-order valence-corrected chi connectivity index (χ1v) is 11.9. The van der Waals surface area contributed by atoms with Crippen LogP contribution in [0.15, 0.2) is 106 Å². The lowest BCUT2D eigenvalue weighted by Crippen LogP contribution is -2.39. The van der Waals surface area contributed by atoms with Crippen LogP contribution in [0.3, 0.4) is 0 Å². The summed E-state index contributed by atoms with van der Waals surface area (Å²) in [4.78, 5) is 3.48. The lowest BCUT2D eigenvalue weighted by Gasteiger charge is -2.35. The molecule has 0 aromatic heterocycles. The molecule has 2 bridgehead atoms. The third kappa shape index (κ3) is 3.45. The molecule has 3 heteroatoms. The van der Waals surface area contributed by atoms with Crippen LogP contribution < -0.4 is 4.74 Å². The lowest BCUT2D eigenvalue weighted by molar-refractivity contribution is 0.0561. The van der Waals surface area contributed by atoms with Gasteiger partial charge in [0.25, 0.3) is 0 Å². The van der Waals surface area contributed by atoms with Gasteiger partial charge in [-0.05, 0) is 74.1 Å². The molecule has 3 unspecified atom stereocenters. The van der Waals surface area contributed by atoms with Gasteiger partial charge in [0, 0.05) is 12.0 Å². The average Bonchev–Trinajstić information content (AvgIpc) is 3.39. The second-order valence-corrected chi connectivity index (χ2v) is 10.4. The largest absolute Gasteiger partial charge is 0.480 e. The molecule has 0 N–H and O–H groups in total. The lowest BCUT2D eigenvalue weighted by atomic mass is 9.84. The smallest absolute Gasteiger partial charge is 0.170 e. The molecule has 3 atom stereocenters. The Morgan fingerprint density at radius 1 is 0.900 bits per heavy atom. The summed E-state index contributed by atoms with van der Waals surface area (Å²) in [5.41, 5.74) is -0.430. The molecular formula is C27H26FOS+. The Morgan fingerprint density at radius 2 is 1.57 bits per heavy atom. The van der Waals surface area contributed by atoms with Crippen molar-refractivity contribution in [2.75, 3.05) is 0 Å². The zero-order chi connectivity index (χ0) is 20.6. The third-order valence-corrected chi connectivity index (χ3v) is 8.79. The maximum Gasteiger partial charge on any atom is 0.170 e. The van der Waals surface area contributed by atoms with Crippen LogP contribution in [0.2, 0.25) is 0 Å². The molecule has 0 saturated heterocycles. The molecule has 5 rings (SSSR count). The van der Waals surface area contributed by atoms with Gasteiger partial charge in [0.1, 0.15) is 5.60 Å². The van der Waals surface area contributed by atoms with E-state index in [1.54, 1.807) is 6.07 Å². The number of hydrogen-bond donors (Lipinski definition) is 0. The van der Waals surface area contributed by atoms with Gasteiger partial charge >= 0.3 is 0 Å². The van der Waals surface area contributed by atoms with Crippen LogP contribution in [0.25, 0.3) is 0 Å². The summed E-state index contributed by atoms with van der Waals surface area (Å²) in [6.45, 7) is 4.07. The average molecular weight is 418 g/mol. The molecule has 2 fully saturated rings. The first-order valence-electron chi connectivity index (χ1n) is 10.6. The summed E-state index contributed by atoms with van der Waals surface area (Å²) >= 11 is 0. The molecule has 2 aliphatic rings. The van der Waals surface area contributed by atoms with Crippen LogP contribution in [0.4, 0.5) is 4.39 Å². The van der Waals surface area contributed by atoms with Crippen molar-refractivity contribution < 1.29 is 9.13 Å².